The predicted molar refractivity (Wildman–Crippen MR) is 135 cm³/mol. The topological polar surface area (TPSA) is 64.8 Å². The first-order chi connectivity index (χ1) is 16.3. The SMILES string of the molecule is CCCOc1ccc(-c2ccc3c(c2)CCC(C)(C)[C@]3(OC(N)=O)[C@@H]2CN3CCC2CC3)cc1. The van der Waals surface area contributed by atoms with Gasteiger partial charge in [-0.1, -0.05) is 51.1 Å². The molecule has 0 spiro atoms. The Balaban J connectivity index is 1.56. The van der Waals surface area contributed by atoms with Gasteiger partial charge >= 0.3 is 6.09 Å². The van der Waals surface area contributed by atoms with Gasteiger partial charge in [0, 0.05) is 17.9 Å². The number of carbonyl (C=O) groups is 1. The number of benzene rings is 2. The zero-order valence-corrected chi connectivity index (χ0v) is 20.8. The maximum atomic E-state index is 12.4. The van der Waals surface area contributed by atoms with Crippen LogP contribution >= 0.6 is 0 Å². The Morgan fingerprint density at radius 2 is 1.79 bits per heavy atom. The maximum Gasteiger partial charge on any atom is 0.405 e. The highest BCUT2D eigenvalue weighted by Gasteiger charge is 2.60. The minimum Gasteiger partial charge on any atom is -0.494 e. The van der Waals surface area contributed by atoms with Crippen LogP contribution in [0.25, 0.3) is 11.1 Å². The number of carbonyl (C=O) groups excluding carboxylic acids is 1. The average Bonchev–Trinajstić information content (AvgIpc) is 2.85. The van der Waals surface area contributed by atoms with Crippen molar-refractivity contribution in [2.75, 3.05) is 26.2 Å². The lowest BCUT2D eigenvalue weighted by atomic mass is 9.53. The first-order valence-electron chi connectivity index (χ1n) is 12.9. The average molecular weight is 463 g/mol. The second-order valence-electron chi connectivity index (χ2n) is 11.0. The van der Waals surface area contributed by atoms with Crippen LogP contribution in [0.2, 0.25) is 0 Å². The monoisotopic (exact) mass is 462 g/mol. The third-order valence-corrected chi connectivity index (χ3v) is 8.63. The zero-order valence-electron chi connectivity index (χ0n) is 20.8. The molecule has 0 unspecified atom stereocenters. The van der Waals surface area contributed by atoms with Gasteiger partial charge in [0.15, 0.2) is 0 Å². The molecule has 3 saturated heterocycles. The van der Waals surface area contributed by atoms with Crippen LogP contribution in [0.4, 0.5) is 4.79 Å². The second kappa shape index (κ2) is 8.92. The second-order valence-corrected chi connectivity index (χ2v) is 11.0. The summed E-state index contributed by atoms with van der Waals surface area (Å²) in [6.07, 6.45) is 4.61. The quantitative estimate of drug-likeness (QED) is 0.594. The van der Waals surface area contributed by atoms with Gasteiger partial charge in [-0.25, -0.2) is 4.79 Å². The summed E-state index contributed by atoms with van der Waals surface area (Å²) in [6.45, 7) is 10.6. The Bertz CT molecular complexity index is 1040. The van der Waals surface area contributed by atoms with Crippen LogP contribution in [-0.2, 0) is 16.8 Å². The highest BCUT2D eigenvalue weighted by molar-refractivity contribution is 5.68. The van der Waals surface area contributed by atoms with E-state index in [0.29, 0.717) is 5.92 Å². The van der Waals surface area contributed by atoms with Gasteiger partial charge in [0.1, 0.15) is 11.4 Å². The molecule has 1 amide bonds. The fraction of sp³-hybridized carbons (Fsp3) is 0.552. The van der Waals surface area contributed by atoms with Gasteiger partial charge in [0.05, 0.1) is 6.61 Å². The van der Waals surface area contributed by atoms with E-state index in [1.54, 1.807) is 0 Å². The molecule has 34 heavy (non-hydrogen) atoms. The van der Waals surface area contributed by atoms with Crippen molar-refractivity contribution < 1.29 is 14.3 Å². The zero-order chi connectivity index (χ0) is 23.9. The van der Waals surface area contributed by atoms with Gasteiger partial charge in [-0.15, -0.1) is 0 Å². The van der Waals surface area contributed by atoms with E-state index in [2.05, 4.69) is 56.0 Å². The largest absolute Gasteiger partial charge is 0.494 e. The number of hydrogen-bond acceptors (Lipinski definition) is 4. The number of nitrogens with zero attached hydrogens (tertiary/aromatic N) is 1. The lowest BCUT2D eigenvalue weighted by molar-refractivity contribution is -0.173. The maximum absolute atomic E-state index is 12.4. The Morgan fingerprint density at radius 3 is 2.41 bits per heavy atom. The molecule has 0 radical (unpaired) electrons. The van der Waals surface area contributed by atoms with Crippen LogP contribution in [0.15, 0.2) is 42.5 Å². The summed E-state index contributed by atoms with van der Waals surface area (Å²) < 4.78 is 12.1. The van der Waals surface area contributed by atoms with Crippen LogP contribution in [0.5, 0.6) is 5.75 Å². The molecule has 3 fully saturated rings. The standard InChI is InChI=1S/C29H38N2O3/c1-4-17-33-24-8-5-20(6-9-24)22-7-10-25-23(18-22)11-14-28(2,3)29(25,34-27(30)32)26-19-31-15-12-21(26)13-16-31/h5-10,18,21,26H,4,11-17,19H2,1-3H3,(H2,30,32)/t26-,29-/m1/s1. The minimum absolute atomic E-state index is 0.196. The van der Waals surface area contributed by atoms with Crippen LogP contribution in [0.3, 0.4) is 0 Å². The smallest absolute Gasteiger partial charge is 0.405 e. The molecule has 2 aromatic carbocycles. The number of piperidine rings is 3. The molecule has 0 saturated carbocycles. The number of ether oxygens (including phenoxy) is 2. The fourth-order valence-corrected chi connectivity index (χ4v) is 6.86. The lowest BCUT2D eigenvalue weighted by Crippen LogP contribution is -2.62. The Hall–Kier alpha value is -2.53. The van der Waals surface area contributed by atoms with E-state index in [-0.39, 0.29) is 11.3 Å². The highest BCUT2D eigenvalue weighted by Crippen LogP contribution is 2.59. The van der Waals surface area contributed by atoms with Crippen molar-refractivity contribution in [1.29, 1.82) is 0 Å². The molecule has 0 aromatic heterocycles. The molecule has 3 heterocycles. The molecule has 2 aromatic rings. The van der Waals surface area contributed by atoms with E-state index in [9.17, 15) is 4.79 Å². The molecule has 5 nitrogen and oxygen atoms in total. The van der Waals surface area contributed by atoms with Crippen molar-refractivity contribution in [2.45, 2.75) is 58.5 Å². The van der Waals surface area contributed by atoms with Crippen molar-refractivity contribution in [3.8, 4) is 16.9 Å². The molecule has 6 rings (SSSR count). The van der Waals surface area contributed by atoms with Crippen molar-refractivity contribution >= 4 is 6.09 Å². The predicted octanol–water partition coefficient (Wildman–Crippen LogP) is 5.75. The number of rotatable bonds is 6. The van der Waals surface area contributed by atoms with E-state index in [4.69, 9.17) is 15.2 Å². The van der Waals surface area contributed by atoms with Gasteiger partial charge in [-0.05, 0) is 85.5 Å². The summed E-state index contributed by atoms with van der Waals surface area (Å²) in [5.41, 5.74) is 9.67. The molecule has 182 valence electrons. The fourth-order valence-electron chi connectivity index (χ4n) is 6.86. The highest BCUT2D eigenvalue weighted by atomic mass is 16.6. The normalized spacial score (nSPS) is 29.3. The molecule has 2 N–H and O–H groups in total. The first kappa shape index (κ1) is 23.2. The number of amides is 1. The molecular weight excluding hydrogens is 424 g/mol. The summed E-state index contributed by atoms with van der Waals surface area (Å²) in [7, 11) is 0. The number of fused-ring (bicyclic) bond motifs is 4. The number of nitrogens with two attached hydrogens (primary N) is 1. The molecule has 4 aliphatic rings. The van der Waals surface area contributed by atoms with Gasteiger partial charge in [-0.3, -0.25) is 0 Å². The Labute approximate surface area is 203 Å². The third kappa shape index (κ3) is 3.88. The summed E-state index contributed by atoms with van der Waals surface area (Å²) in [5, 5.41) is 0. The molecule has 1 aliphatic carbocycles. The van der Waals surface area contributed by atoms with E-state index in [0.717, 1.165) is 56.8 Å². The van der Waals surface area contributed by atoms with Gasteiger partial charge < -0.3 is 20.1 Å². The summed E-state index contributed by atoms with van der Waals surface area (Å²) in [6, 6.07) is 15.0. The van der Waals surface area contributed by atoms with E-state index in [1.165, 1.54) is 29.5 Å². The molecule has 5 heteroatoms. The van der Waals surface area contributed by atoms with E-state index in [1.807, 2.05) is 12.1 Å². The van der Waals surface area contributed by atoms with Crippen LogP contribution in [-0.4, -0.2) is 37.2 Å². The van der Waals surface area contributed by atoms with E-state index < -0.39 is 11.7 Å². The van der Waals surface area contributed by atoms with Crippen molar-refractivity contribution in [1.82, 2.24) is 4.90 Å². The molecule has 3 aliphatic heterocycles. The Morgan fingerprint density at radius 1 is 1.09 bits per heavy atom. The number of aryl methyl sites for hydroxylation is 1. The molecule has 2 atom stereocenters. The van der Waals surface area contributed by atoms with Gasteiger partial charge in [0.25, 0.3) is 0 Å². The summed E-state index contributed by atoms with van der Waals surface area (Å²) >= 11 is 0. The van der Waals surface area contributed by atoms with Crippen LogP contribution < -0.4 is 10.5 Å². The van der Waals surface area contributed by atoms with Crippen LogP contribution in [0.1, 0.15) is 57.6 Å². The summed E-state index contributed by atoms with van der Waals surface area (Å²) in [4.78, 5) is 14.9. The van der Waals surface area contributed by atoms with E-state index >= 15 is 0 Å². The van der Waals surface area contributed by atoms with Gasteiger partial charge in [-0.2, -0.15) is 0 Å². The molecule has 2 bridgehead atoms. The molecular formula is C29H38N2O3. The number of hydrogen-bond donors (Lipinski definition) is 1. The van der Waals surface area contributed by atoms with Crippen molar-refractivity contribution in [3.63, 3.8) is 0 Å². The summed E-state index contributed by atoms with van der Waals surface area (Å²) in [5.74, 6) is 1.73. The lowest BCUT2D eigenvalue weighted by Gasteiger charge is -2.59. The first-order valence-corrected chi connectivity index (χ1v) is 12.9. The van der Waals surface area contributed by atoms with Crippen molar-refractivity contribution in [2.24, 2.45) is 23.0 Å². The Kier molecular flexibility index (Phi) is 6.09. The van der Waals surface area contributed by atoms with Gasteiger partial charge in [0.2, 0.25) is 0 Å². The third-order valence-electron chi connectivity index (χ3n) is 8.63. The number of primary amides is 1. The minimum atomic E-state index is -0.702. The van der Waals surface area contributed by atoms with Crippen LogP contribution in [0, 0.1) is 17.3 Å². The van der Waals surface area contributed by atoms with Crippen molar-refractivity contribution in [3.05, 3.63) is 53.6 Å².